The molecule has 126 valence electrons. The third kappa shape index (κ3) is 4.94. The Kier molecular flexibility index (Phi) is 6.49. The van der Waals surface area contributed by atoms with Crippen molar-refractivity contribution in [2.24, 2.45) is 0 Å². The molecule has 0 aliphatic heterocycles. The zero-order valence-electron chi connectivity index (χ0n) is 13.1. The normalized spacial score (nSPS) is 11.5. The molecule has 8 heteroatoms. The molecule has 0 heterocycles. The van der Waals surface area contributed by atoms with Gasteiger partial charge in [0.2, 0.25) is 5.91 Å². The molecule has 0 radical (unpaired) electrons. The summed E-state index contributed by atoms with van der Waals surface area (Å²) in [5.41, 5.74) is 0.0965. The van der Waals surface area contributed by atoms with Crippen molar-refractivity contribution < 1.29 is 28.6 Å². The number of nitrogens with zero attached hydrogens (tertiary/aromatic N) is 1. The number of ether oxygens (including phenoxy) is 1. The molecule has 1 aromatic carbocycles. The second-order valence-electron chi connectivity index (χ2n) is 4.85. The molecule has 0 aliphatic rings. The molecule has 0 bridgehead atoms. The van der Waals surface area contributed by atoms with Gasteiger partial charge in [0.05, 0.1) is 7.11 Å². The van der Waals surface area contributed by atoms with E-state index in [1.807, 2.05) is 0 Å². The van der Waals surface area contributed by atoms with Crippen molar-refractivity contribution in [3.63, 3.8) is 0 Å². The Morgan fingerprint density at radius 2 is 2.04 bits per heavy atom. The quantitative estimate of drug-likeness (QED) is 0.776. The average molecular weight is 326 g/mol. The lowest BCUT2D eigenvalue weighted by molar-refractivity contribution is -0.141. The Morgan fingerprint density at radius 1 is 1.39 bits per heavy atom. The van der Waals surface area contributed by atoms with Gasteiger partial charge in [-0.3, -0.25) is 9.59 Å². The molecule has 0 saturated heterocycles. The standard InChI is InChI=1S/C15H19FN2O5/c1-9(15(21)22)18(7-6-17-10(2)19)14(20)11-4-5-12(16)13(8-11)23-3/h4-5,8-9H,6-7H2,1-3H3,(H,17,19)(H,21,22). The first kappa shape index (κ1) is 18.4. The van der Waals surface area contributed by atoms with E-state index in [0.29, 0.717) is 0 Å². The number of benzene rings is 1. The molecule has 2 N–H and O–H groups in total. The van der Waals surface area contributed by atoms with Crippen molar-refractivity contribution in [3.8, 4) is 5.75 Å². The van der Waals surface area contributed by atoms with Gasteiger partial charge in [0.25, 0.3) is 5.91 Å². The molecule has 0 spiro atoms. The first-order valence-electron chi connectivity index (χ1n) is 6.89. The monoisotopic (exact) mass is 326 g/mol. The summed E-state index contributed by atoms with van der Waals surface area (Å²) in [5, 5.41) is 11.6. The summed E-state index contributed by atoms with van der Waals surface area (Å²) in [4.78, 5) is 35.7. The summed E-state index contributed by atoms with van der Waals surface area (Å²) in [5.74, 6) is -2.80. The fraction of sp³-hybridized carbons (Fsp3) is 0.400. The van der Waals surface area contributed by atoms with Crippen molar-refractivity contribution in [1.82, 2.24) is 10.2 Å². The summed E-state index contributed by atoms with van der Waals surface area (Å²) < 4.78 is 18.2. The van der Waals surface area contributed by atoms with Crippen LogP contribution in [0.1, 0.15) is 24.2 Å². The predicted octanol–water partition coefficient (Wildman–Crippen LogP) is 0.886. The fourth-order valence-corrected chi connectivity index (χ4v) is 1.92. The van der Waals surface area contributed by atoms with Gasteiger partial charge in [0, 0.05) is 25.6 Å². The summed E-state index contributed by atoms with van der Waals surface area (Å²) in [6, 6.07) is 2.42. The number of halogens is 1. The SMILES string of the molecule is COc1cc(C(=O)N(CCNC(C)=O)C(C)C(=O)O)ccc1F. The molecule has 0 aliphatic carbocycles. The van der Waals surface area contributed by atoms with E-state index in [2.05, 4.69) is 5.32 Å². The molecule has 1 atom stereocenters. The van der Waals surface area contributed by atoms with Crippen LogP contribution in [0.25, 0.3) is 0 Å². The molecular weight excluding hydrogens is 307 g/mol. The van der Waals surface area contributed by atoms with Crippen LogP contribution in [0.15, 0.2) is 18.2 Å². The third-order valence-corrected chi connectivity index (χ3v) is 3.21. The van der Waals surface area contributed by atoms with Crippen LogP contribution in [0.4, 0.5) is 4.39 Å². The molecule has 0 saturated carbocycles. The van der Waals surface area contributed by atoms with E-state index < -0.39 is 23.7 Å². The number of methoxy groups -OCH3 is 1. The van der Waals surface area contributed by atoms with E-state index in [4.69, 9.17) is 9.84 Å². The maximum absolute atomic E-state index is 13.4. The van der Waals surface area contributed by atoms with Crippen molar-refractivity contribution in [3.05, 3.63) is 29.6 Å². The molecule has 1 aromatic rings. The van der Waals surface area contributed by atoms with Crippen LogP contribution >= 0.6 is 0 Å². The van der Waals surface area contributed by atoms with Gasteiger partial charge in [-0.1, -0.05) is 0 Å². The van der Waals surface area contributed by atoms with Crippen LogP contribution in [0, 0.1) is 5.82 Å². The lowest BCUT2D eigenvalue weighted by Gasteiger charge is -2.26. The first-order valence-corrected chi connectivity index (χ1v) is 6.89. The Labute approximate surface area is 133 Å². The summed E-state index contributed by atoms with van der Waals surface area (Å²) in [6.07, 6.45) is 0. The summed E-state index contributed by atoms with van der Waals surface area (Å²) in [6.45, 7) is 2.79. The van der Waals surface area contributed by atoms with Gasteiger partial charge in [-0.15, -0.1) is 0 Å². The van der Waals surface area contributed by atoms with Gasteiger partial charge >= 0.3 is 5.97 Å². The number of carbonyl (C=O) groups excluding carboxylic acids is 2. The number of hydrogen-bond acceptors (Lipinski definition) is 4. The zero-order chi connectivity index (χ0) is 17.6. The van der Waals surface area contributed by atoms with E-state index in [1.54, 1.807) is 0 Å². The maximum Gasteiger partial charge on any atom is 0.326 e. The van der Waals surface area contributed by atoms with Crippen molar-refractivity contribution >= 4 is 17.8 Å². The highest BCUT2D eigenvalue weighted by Crippen LogP contribution is 2.20. The van der Waals surface area contributed by atoms with Crippen molar-refractivity contribution in [2.75, 3.05) is 20.2 Å². The first-order chi connectivity index (χ1) is 10.8. The molecule has 0 fully saturated rings. The highest BCUT2D eigenvalue weighted by Gasteiger charge is 2.26. The Bertz CT molecular complexity index is 606. The molecule has 23 heavy (non-hydrogen) atoms. The summed E-state index contributed by atoms with van der Waals surface area (Å²) >= 11 is 0. The Hall–Kier alpha value is -2.64. The second kappa shape index (κ2) is 8.11. The van der Waals surface area contributed by atoms with Crippen LogP contribution in [-0.4, -0.2) is 54.0 Å². The van der Waals surface area contributed by atoms with Gasteiger partial charge in [0.1, 0.15) is 6.04 Å². The van der Waals surface area contributed by atoms with Crippen LogP contribution in [0.3, 0.4) is 0 Å². The van der Waals surface area contributed by atoms with Crippen LogP contribution < -0.4 is 10.1 Å². The molecule has 0 aromatic heterocycles. The van der Waals surface area contributed by atoms with Gasteiger partial charge in [-0.25, -0.2) is 9.18 Å². The maximum atomic E-state index is 13.4. The van der Waals surface area contributed by atoms with E-state index in [-0.39, 0.29) is 30.3 Å². The highest BCUT2D eigenvalue weighted by molar-refractivity contribution is 5.97. The zero-order valence-corrected chi connectivity index (χ0v) is 13.1. The van der Waals surface area contributed by atoms with E-state index in [1.165, 1.54) is 33.1 Å². The summed E-state index contributed by atoms with van der Waals surface area (Å²) in [7, 11) is 1.26. The van der Waals surface area contributed by atoms with Crippen LogP contribution in [0.2, 0.25) is 0 Å². The average Bonchev–Trinajstić information content (AvgIpc) is 2.50. The number of rotatable bonds is 7. The highest BCUT2D eigenvalue weighted by atomic mass is 19.1. The molecule has 7 nitrogen and oxygen atoms in total. The molecular formula is C15H19FN2O5. The number of nitrogens with one attached hydrogen (secondary N) is 1. The Morgan fingerprint density at radius 3 is 2.57 bits per heavy atom. The minimum Gasteiger partial charge on any atom is -0.494 e. The molecule has 2 amide bonds. The number of aliphatic carboxylic acids is 1. The van der Waals surface area contributed by atoms with Gasteiger partial charge in [-0.2, -0.15) is 0 Å². The smallest absolute Gasteiger partial charge is 0.326 e. The molecule has 1 unspecified atom stereocenters. The number of carboxylic acid groups (broad SMARTS) is 1. The number of carbonyl (C=O) groups is 3. The second-order valence-corrected chi connectivity index (χ2v) is 4.85. The number of hydrogen-bond donors (Lipinski definition) is 2. The van der Waals surface area contributed by atoms with Gasteiger partial charge < -0.3 is 20.1 Å². The van der Waals surface area contributed by atoms with E-state index >= 15 is 0 Å². The lowest BCUT2D eigenvalue weighted by Crippen LogP contribution is -2.46. The van der Waals surface area contributed by atoms with E-state index in [0.717, 1.165) is 11.0 Å². The number of amides is 2. The van der Waals surface area contributed by atoms with E-state index in [9.17, 15) is 18.8 Å². The van der Waals surface area contributed by atoms with Crippen molar-refractivity contribution in [1.29, 1.82) is 0 Å². The fourth-order valence-electron chi connectivity index (χ4n) is 1.92. The van der Waals surface area contributed by atoms with Gasteiger partial charge in [0.15, 0.2) is 11.6 Å². The third-order valence-electron chi connectivity index (χ3n) is 3.21. The Balaban J connectivity index is 3.02. The van der Waals surface area contributed by atoms with Crippen molar-refractivity contribution in [2.45, 2.75) is 19.9 Å². The van der Waals surface area contributed by atoms with Crippen LogP contribution in [0.5, 0.6) is 5.75 Å². The largest absolute Gasteiger partial charge is 0.494 e. The minimum atomic E-state index is -1.18. The minimum absolute atomic E-state index is 0.00553. The van der Waals surface area contributed by atoms with Crippen LogP contribution in [-0.2, 0) is 9.59 Å². The topological polar surface area (TPSA) is 95.9 Å². The number of carboxylic acids is 1. The predicted molar refractivity (Wildman–Crippen MR) is 79.8 cm³/mol. The van der Waals surface area contributed by atoms with Gasteiger partial charge in [-0.05, 0) is 25.1 Å². The lowest BCUT2D eigenvalue weighted by atomic mass is 10.1. The molecule has 1 rings (SSSR count).